The molecule has 0 radical (unpaired) electrons. The van der Waals surface area contributed by atoms with E-state index < -0.39 is 0 Å². The van der Waals surface area contributed by atoms with E-state index in [-0.39, 0.29) is 0 Å². The summed E-state index contributed by atoms with van der Waals surface area (Å²) >= 11 is 0. The molecule has 0 saturated carbocycles. The van der Waals surface area contributed by atoms with E-state index in [1.807, 2.05) is 12.1 Å². The summed E-state index contributed by atoms with van der Waals surface area (Å²) in [6.45, 7) is 1.94. The normalized spacial score (nSPS) is 10.4. The Kier molecular flexibility index (Phi) is 5.67. The first-order valence-corrected chi connectivity index (χ1v) is 5.27. The molecule has 2 N–H and O–H groups in total. The smallest absolute Gasteiger partial charge is 0.126 e. The third kappa shape index (κ3) is 4.08. The van der Waals surface area contributed by atoms with Crippen molar-refractivity contribution < 1.29 is 14.2 Å². The van der Waals surface area contributed by atoms with Crippen molar-refractivity contribution in [2.45, 2.75) is 13.0 Å². The molecule has 1 rings (SSSR count). The molecule has 0 atom stereocenters. The van der Waals surface area contributed by atoms with Gasteiger partial charge in [-0.15, -0.1) is 0 Å². The van der Waals surface area contributed by atoms with E-state index in [0.717, 1.165) is 24.3 Å². The molecule has 1 aromatic carbocycles. The quantitative estimate of drug-likeness (QED) is 0.568. The summed E-state index contributed by atoms with van der Waals surface area (Å²) in [5.74, 6) is 0.770. The number of rotatable bonds is 7. The summed E-state index contributed by atoms with van der Waals surface area (Å²) < 4.78 is 15.7. The monoisotopic (exact) mass is 225 g/mol. The molecule has 4 nitrogen and oxygen atoms in total. The van der Waals surface area contributed by atoms with Crippen LogP contribution < -0.4 is 10.5 Å². The average molecular weight is 225 g/mol. The molecule has 90 valence electrons. The second kappa shape index (κ2) is 7.09. The predicted molar refractivity (Wildman–Crippen MR) is 63.6 cm³/mol. The number of benzene rings is 1. The Morgan fingerprint density at radius 3 is 2.69 bits per heavy atom. The number of hydrogen-bond acceptors (Lipinski definition) is 4. The van der Waals surface area contributed by atoms with E-state index in [1.165, 1.54) is 0 Å². The molecule has 0 heterocycles. The summed E-state index contributed by atoms with van der Waals surface area (Å²) in [5, 5.41) is 0. The highest BCUT2D eigenvalue weighted by atomic mass is 16.5. The van der Waals surface area contributed by atoms with Crippen LogP contribution in [0.3, 0.4) is 0 Å². The van der Waals surface area contributed by atoms with Gasteiger partial charge in [0.2, 0.25) is 0 Å². The Morgan fingerprint density at radius 2 is 2.00 bits per heavy atom. The number of nitrogen functional groups attached to an aromatic ring is 1. The second-order valence-electron chi connectivity index (χ2n) is 3.47. The Morgan fingerprint density at radius 1 is 1.19 bits per heavy atom. The SMILES string of the molecule is COCCCOCc1ccc(N)cc1OC. The van der Waals surface area contributed by atoms with Crippen molar-refractivity contribution in [2.24, 2.45) is 0 Å². The Balaban J connectivity index is 2.41. The van der Waals surface area contributed by atoms with Gasteiger partial charge in [-0.2, -0.15) is 0 Å². The van der Waals surface area contributed by atoms with Gasteiger partial charge in [-0.25, -0.2) is 0 Å². The highest BCUT2D eigenvalue weighted by molar-refractivity contribution is 5.48. The zero-order valence-corrected chi connectivity index (χ0v) is 9.86. The molecule has 0 aliphatic heterocycles. The van der Waals surface area contributed by atoms with Crippen molar-refractivity contribution in [3.05, 3.63) is 23.8 Å². The lowest BCUT2D eigenvalue weighted by atomic mass is 10.2. The highest BCUT2D eigenvalue weighted by Gasteiger charge is 2.03. The van der Waals surface area contributed by atoms with E-state index in [9.17, 15) is 0 Å². The van der Waals surface area contributed by atoms with Gasteiger partial charge in [0.05, 0.1) is 13.7 Å². The summed E-state index contributed by atoms with van der Waals surface area (Å²) in [7, 11) is 3.31. The van der Waals surface area contributed by atoms with Crippen LogP contribution in [0, 0.1) is 0 Å². The molecule has 0 fully saturated rings. The molecule has 0 aliphatic rings. The number of methoxy groups -OCH3 is 2. The van der Waals surface area contributed by atoms with E-state index in [4.69, 9.17) is 19.9 Å². The van der Waals surface area contributed by atoms with Crippen molar-refractivity contribution in [3.8, 4) is 5.75 Å². The number of hydrogen-bond donors (Lipinski definition) is 1. The molecule has 16 heavy (non-hydrogen) atoms. The highest BCUT2D eigenvalue weighted by Crippen LogP contribution is 2.22. The first-order valence-electron chi connectivity index (χ1n) is 5.27. The largest absolute Gasteiger partial charge is 0.496 e. The Labute approximate surface area is 96.3 Å². The van der Waals surface area contributed by atoms with Crippen LogP contribution in [0.15, 0.2) is 18.2 Å². The summed E-state index contributed by atoms with van der Waals surface area (Å²) in [6, 6.07) is 5.56. The number of anilines is 1. The lowest BCUT2D eigenvalue weighted by Crippen LogP contribution is -2.01. The van der Waals surface area contributed by atoms with E-state index in [1.54, 1.807) is 20.3 Å². The third-order valence-corrected chi connectivity index (χ3v) is 2.21. The van der Waals surface area contributed by atoms with Crippen molar-refractivity contribution in [1.29, 1.82) is 0 Å². The predicted octanol–water partition coefficient (Wildman–Crippen LogP) is 1.83. The summed E-state index contributed by atoms with van der Waals surface area (Å²) in [6.07, 6.45) is 0.897. The van der Waals surface area contributed by atoms with Crippen LogP contribution in [0.4, 0.5) is 5.69 Å². The van der Waals surface area contributed by atoms with Gasteiger partial charge in [-0.1, -0.05) is 6.07 Å². The summed E-state index contributed by atoms with van der Waals surface area (Å²) in [5.41, 5.74) is 7.36. The number of nitrogens with two attached hydrogens (primary N) is 1. The minimum atomic E-state index is 0.535. The maximum absolute atomic E-state index is 5.66. The van der Waals surface area contributed by atoms with E-state index in [2.05, 4.69) is 0 Å². The van der Waals surface area contributed by atoms with Crippen molar-refractivity contribution in [2.75, 3.05) is 33.2 Å². The molecule has 0 bridgehead atoms. The number of ether oxygens (including phenoxy) is 3. The summed E-state index contributed by atoms with van der Waals surface area (Å²) in [4.78, 5) is 0. The molecule has 0 amide bonds. The van der Waals surface area contributed by atoms with Crippen LogP contribution >= 0.6 is 0 Å². The topological polar surface area (TPSA) is 53.7 Å². The molecule has 0 aromatic heterocycles. The van der Waals surface area contributed by atoms with Crippen LogP contribution in [0.2, 0.25) is 0 Å². The van der Waals surface area contributed by atoms with Crippen molar-refractivity contribution in [1.82, 2.24) is 0 Å². The standard InChI is InChI=1S/C12H19NO3/c1-14-6-3-7-16-9-10-4-5-11(13)8-12(10)15-2/h4-5,8H,3,6-7,9,13H2,1-2H3. The molecule has 4 heteroatoms. The van der Waals surface area contributed by atoms with Crippen LogP contribution in [0.1, 0.15) is 12.0 Å². The minimum absolute atomic E-state index is 0.535. The van der Waals surface area contributed by atoms with Gasteiger partial charge in [0.15, 0.2) is 0 Å². The van der Waals surface area contributed by atoms with Crippen LogP contribution in [-0.2, 0) is 16.1 Å². The van der Waals surface area contributed by atoms with Crippen molar-refractivity contribution in [3.63, 3.8) is 0 Å². The van der Waals surface area contributed by atoms with E-state index >= 15 is 0 Å². The van der Waals surface area contributed by atoms with Gasteiger partial charge in [0.25, 0.3) is 0 Å². The average Bonchev–Trinajstić information content (AvgIpc) is 2.30. The fourth-order valence-corrected chi connectivity index (χ4v) is 1.37. The molecule has 0 aliphatic carbocycles. The third-order valence-electron chi connectivity index (χ3n) is 2.21. The first kappa shape index (κ1) is 12.8. The van der Waals surface area contributed by atoms with Gasteiger partial charge in [0, 0.05) is 37.6 Å². The second-order valence-corrected chi connectivity index (χ2v) is 3.47. The maximum atomic E-state index is 5.66. The first-order chi connectivity index (χ1) is 7.77. The molecule has 0 spiro atoms. The van der Waals surface area contributed by atoms with Gasteiger partial charge < -0.3 is 19.9 Å². The van der Waals surface area contributed by atoms with Crippen LogP contribution in [-0.4, -0.2) is 27.4 Å². The van der Waals surface area contributed by atoms with Gasteiger partial charge >= 0.3 is 0 Å². The Hall–Kier alpha value is -1.26. The van der Waals surface area contributed by atoms with Gasteiger partial charge in [-0.05, 0) is 12.5 Å². The zero-order valence-electron chi connectivity index (χ0n) is 9.86. The van der Waals surface area contributed by atoms with Gasteiger partial charge in [-0.3, -0.25) is 0 Å². The zero-order chi connectivity index (χ0) is 11.8. The molecule has 0 unspecified atom stereocenters. The lowest BCUT2D eigenvalue weighted by molar-refractivity contribution is 0.0917. The molecular formula is C12H19NO3. The van der Waals surface area contributed by atoms with Gasteiger partial charge in [0.1, 0.15) is 5.75 Å². The lowest BCUT2D eigenvalue weighted by Gasteiger charge is -2.09. The Bertz CT molecular complexity index is 315. The molecular weight excluding hydrogens is 206 g/mol. The van der Waals surface area contributed by atoms with Crippen LogP contribution in [0.5, 0.6) is 5.75 Å². The molecule has 0 saturated heterocycles. The fraction of sp³-hybridized carbons (Fsp3) is 0.500. The maximum Gasteiger partial charge on any atom is 0.126 e. The van der Waals surface area contributed by atoms with Crippen LogP contribution in [0.25, 0.3) is 0 Å². The molecule has 1 aromatic rings. The van der Waals surface area contributed by atoms with Crippen molar-refractivity contribution >= 4 is 5.69 Å². The van der Waals surface area contributed by atoms with E-state index in [0.29, 0.717) is 18.9 Å². The minimum Gasteiger partial charge on any atom is -0.496 e. The fourth-order valence-electron chi connectivity index (χ4n) is 1.37.